The predicted octanol–water partition coefficient (Wildman–Crippen LogP) is 1.58. The summed E-state index contributed by atoms with van der Waals surface area (Å²) in [6.07, 6.45) is -1.91. The highest BCUT2D eigenvalue weighted by Crippen LogP contribution is 2.32. The zero-order valence-corrected chi connectivity index (χ0v) is 40.1. The van der Waals surface area contributed by atoms with E-state index in [-0.39, 0.29) is 55.2 Å². The van der Waals surface area contributed by atoms with E-state index in [2.05, 4.69) is 21.3 Å². The minimum atomic E-state index is -4.70. The van der Waals surface area contributed by atoms with Crippen molar-refractivity contribution >= 4 is 70.5 Å². The number of nitrogens with one attached hydrogen (secondary N) is 4. The van der Waals surface area contributed by atoms with Crippen LogP contribution in [0.2, 0.25) is 0 Å². The van der Waals surface area contributed by atoms with E-state index in [9.17, 15) is 66.2 Å². The molecule has 13 N–H and O–H groups in total. The molecule has 0 radical (unpaired) electrons. The normalized spacial score (nSPS) is 16.0. The molecule has 23 heteroatoms. The number of rotatable bonds is 33. The summed E-state index contributed by atoms with van der Waals surface area (Å²) < 4.78 is 40.1. The number of alkyl halides is 3. The van der Waals surface area contributed by atoms with Crippen molar-refractivity contribution in [1.29, 1.82) is 0 Å². The van der Waals surface area contributed by atoms with Crippen LogP contribution in [-0.4, -0.2) is 113 Å². The van der Waals surface area contributed by atoms with Gasteiger partial charge in [0, 0.05) is 42.8 Å². The molecule has 7 atom stereocenters. The Bertz CT molecular complexity index is 1950. The SMILES string of the molecule is CC(=O)[C@H](Cc1cccc(C(F)(F)F)c1)NC(=O)[C@H](CC(=O)O)NC(=O)C(CCC(N)=O)NC(=O)[C@@H](CC(=O)CSC[C@H](NC(=O)C(C)CCCN)C(=O)C[C@@H](CCN)C(N)=O)CC1CCCCC1. The lowest BCUT2D eigenvalue weighted by Crippen LogP contribution is -2.57. The van der Waals surface area contributed by atoms with Crippen LogP contribution in [0.25, 0.3) is 0 Å². The molecule has 2 unspecified atom stereocenters. The number of amides is 6. The number of primary amides is 2. The third-order valence-corrected chi connectivity index (χ3v) is 13.0. The number of carbonyl (C=O) groups is 10. The van der Waals surface area contributed by atoms with E-state index in [4.69, 9.17) is 22.9 Å². The molecule has 0 aliphatic heterocycles. The quantitative estimate of drug-likeness (QED) is 0.0483. The Morgan fingerprint density at radius 1 is 0.754 bits per heavy atom. The van der Waals surface area contributed by atoms with Crippen LogP contribution in [0.15, 0.2) is 24.3 Å². The molecule has 1 saturated carbocycles. The summed E-state index contributed by atoms with van der Waals surface area (Å²) in [5.74, 6) is -10.8. The molecular weight excluding hydrogens is 930 g/mol. The van der Waals surface area contributed by atoms with Crippen molar-refractivity contribution in [2.45, 2.75) is 141 Å². The summed E-state index contributed by atoms with van der Waals surface area (Å²) in [5.41, 5.74) is 21.1. The fraction of sp³-hybridized carbons (Fsp3) is 0.652. The van der Waals surface area contributed by atoms with Gasteiger partial charge < -0.3 is 49.3 Å². The molecule has 1 fully saturated rings. The highest BCUT2D eigenvalue weighted by molar-refractivity contribution is 8.00. The molecule has 6 amide bonds. The second-order valence-corrected chi connectivity index (χ2v) is 18.8. The van der Waals surface area contributed by atoms with Crippen molar-refractivity contribution in [3.05, 3.63) is 35.4 Å². The fourth-order valence-electron chi connectivity index (χ4n) is 7.93. The lowest BCUT2D eigenvalue weighted by atomic mass is 9.81. The van der Waals surface area contributed by atoms with Crippen LogP contribution in [0, 0.1) is 23.7 Å². The first kappa shape index (κ1) is 59.7. The number of nitrogens with two attached hydrogens (primary N) is 4. The Morgan fingerprint density at radius 3 is 1.96 bits per heavy atom. The third-order valence-electron chi connectivity index (χ3n) is 11.9. The molecule has 2 rings (SSSR count). The summed E-state index contributed by atoms with van der Waals surface area (Å²) >= 11 is 1.02. The number of halogens is 3. The zero-order chi connectivity index (χ0) is 51.8. The maximum Gasteiger partial charge on any atom is 0.416 e. The highest BCUT2D eigenvalue weighted by atomic mass is 32.2. The lowest BCUT2D eigenvalue weighted by Gasteiger charge is -2.28. The lowest BCUT2D eigenvalue weighted by molar-refractivity contribution is -0.141. The molecule has 19 nitrogen and oxygen atoms in total. The summed E-state index contributed by atoms with van der Waals surface area (Å²) in [6, 6.07) is -1.97. The minimum absolute atomic E-state index is 0.0270. The van der Waals surface area contributed by atoms with E-state index in [0.29, 0.717) is 19.4 Å². The summed E-state index contributed by atoms with van der Waals surface area (Å²) in [5, 5.41) is 19.5. The first-order valence-corrected chi connectivity index (χ1v) is 24.3. The summed E-state index contributed by atoms with van der Waals surface area (Å²) in [6.45, 7) is 3.18. The Kier molecular flexibility index (Phi) is 26.2. The number of thioether (sulfide) groups is 1. The van der Waals surface area contributed by atoms with E-state index in [1.54, 1.807) is 6.92 Å². The Morgan fingerprint density at radius 2 is 1.38 bits per heavy atom. The second-order valence-electron chi connectivity index (χ2n) is 17.7. The number of Topliss-reactive ketones (excluding diaryl/α,β-unsaturated/α-hetero) is 3. The molecule has 0 aromatic heterocycles. The van der Waals surface area contributed by atoms with Crippen molar-refractivity contribution in [1.82, 2.24) is 21.3 Å². The minimum Gasteiger partial charge on any atom is -0.481 e. The van der Waals surface area contributed by atoms with Gasteiger partial charge >= 0.3 is 12.1 Å². The Hall–Kier alpha value is -5.42. The number of hydrogen-bond acceptors (Lipinski definition) is 13. The van der Waals surface area contributed by atoms with E-state index in [0.717, 1.165) is 69.0 Å². The van der Waals surface area contributed by atoms with Gasteiger partial charge in [0.05, 0.1) is 29.8 Å². The summed E-state index contributed by atoms with van der Waals surface area (Å²) in [7, 11) is 0. The molecule has 0 saturated heterocycles. The van der Waals surface area contributed by atoms with Gasteiger partial charge in [-0.1, -0.05) is 57.2 Å². The maximum absolute atomic E-state index is 14.1. The van der Waals surface area contributed by atoms with Gasteiger partial charge in [0.25, 0.3) is 0 Å². The van der Waals surface area contributed by atoms with E-state index in [1.165, 1.54) is 6.07 Å². The molecule has 1 aromatic carbocycles. The van der Waals surface area contributed by atoms with Gasteiger partial charge in [-0.3, -0.25) is 47.9 Å². The molecule has 1 aromatic rings. The Labute approximate surface area is 404 Å². The number of benzene rings is 1. The van der Waals surface area contributed by atoms with Crippen LogP contribution in [0.5, 0.6) is 0 Å². The average Bonchev–Trinajstić information content (AvgIpc) is 3.27. The smallest absolute Gasteiger partial charge is 0.416 e. The van der Waals surface area contributed by atoms with Gasteiger partial charge in [0.15, 0.2) is 11.6 Å². The highest BCUT2D eigenvalue weighted by Gasteiger charge is 2.35. The van der Waals surface area contributed by atoms with Crippen molar-refractivity contribution in [2.24, 2.45) is 46.6 Å². The van der Waals surface area contributed by atoms with Gasteiger partial charge in [-0.25, -0.2) is 0 Å². The number of ketones is 3. The van der Waals surface area contributed by atoms with E-state index in [1.807, 2.05) is 0 Å². The van der Waals surface area contributed by atoms with Crippen LogP contribution in [0.3, 0.4) is 0 Å². The van der Waals surface area contributed by atoms with Gasteiger partial charge in [-0.2, -0.15) is 24.9 Å². The van der Waals surface area contributed by atoms with Crippen LogP contribution in [0.1, 0.15) is 115 Å². The van der Waals surface area contributed by atoms with Crippen LogP contribution in [0.4, 0.5) is 13.2 Å². The van der Waals surface area contributed by atoms with E-state index < -0.39 is 138 Å². The molecule has 1 aliphatic carbocycles. The van der Waals surface area contributed by atoms with Crippen molar-refractivity contribution in [3.8, 4) is 0 Å². The molecule has 0 heterocycles. The van der Waals surface area contributed by atoms with Crippen molar-refractivity contribution in [2.75, 3.05) is 24.6 Å². The predicted molar refractivity (Wildman–Crippen MR) is 249 cm³/mol. The molecular formula is C46H69F3N8O11S. The van der Waals surface area contributed by atoms with Crippen LogP contribution >= 0.6 is 11.8 Å². The van der Waals surface area contributed by atoms with Gasteiger partial charge in [-0.05, 0) is 76.1 Å². The van der Waals surface area contributed by atoms with Crippen molar-refractivity contribution in [3.63, 3.8) is 0 Å². The van der Waals surface area contributed by atoms with Crippen LogP contribution < -0.4 is 44.2 Å². The van der Waals surface area contributed by atoms with E-state index >= 15 is 0 Å². The van der Waals surface area contributed by atoms with Crippen LogP contribution in [-0.2, 0) is 60.5 Å². The zero-order valence-electron chi connectivity index (χ0n) is 39.2. The molecule has 1 aliphatic rings. The molecule has 0 spiro atoms. The maximum atomic E-state index is 14.1. The molecule has 0 bridgehead atoms. The number of carboxylic acid groups (broad SMARTS) is 1. The largest absolute Gasteiger partial charge is 0.481 e. The standard InChI is InChI=1S/C46H69F3N8O11S/c1-26(8-7-16-50)42(65)57-37(38(60)22-30(15-17-51)41(53)64)25-69-24-33(59)21-31(18-28-9-4-3-5-10-28)43(66)54-34(13-14-39(52)61)44(67)56-36(23-40(62)63)45(68)55-35(27(2)58)20-29-11-6-12-32(19-29)46(47,48)49/h6,11-12,19,26,28,30-31,34-37H,3-5,7-10,13-18,20-25,50-51H2,1-2H3,(H2,52,61)(H2,53,64)(H,54,66)(H,55,68)(H,56,67)(H,57,65)(H,62,63)/t26?,30-,31-,34?,35+,36+,37+/m1/s1. The first-order chi connectivity index (χ1) is 32.4. The van der Waals surface area contributed by atoms with Crippen molar-refractivity contribution < 1.29 is 66.2 Å². The number of carbonyl (C=O) groups excluding carboxylic acids is 9. The summed E-state index contributed by atoms with van der Waals surface area (Å²) in [4.78, 5) is 130. The Balaban J connectivity index is 2.32. The number of carboxylic acids is 1. The number of aliphatic carboxylic acids is 1. The first-order valence-electron chi connectivity index (χ1n) is 23.1. The third kappa shape index (κ3) is 22.7. The van der Waals surface area contributed by atoms with Gasteiger partial charge in [0.1, 0.15) is 17.9 Å². The second kappa shape index (κ2) is 30.2. The monoisotopic (exact) mass is 998 g/mol. The number of hydrogen-bond donors (Lipinski definition) is 9. The molecule has 69 heavy (non-hydrogen) atoms. The van der Waals surface area contributed by atoms with Gasteiger partial charge in [0.2, 0.25) is 35.4 Å². The molecule has 386 valence electrons. The average molecular weight is 999 g/mol. The van der Waals surface area contributed by atoms with Gasteiger partial charge in [-0.15, -0.1) is 0 Å². The topological polar surface area (TPSA) is 343 Å². The fourth-order valence-corrected chi connectivity index (χ4v) is 8.90.